The fraction of sp³-hybridized carbons (Fsp3) is 0.375. The van der Waals surface area contributed by atoms with Gasteiger partial charge in [-0.1, -0.05) is 18.2 Å². The van der Waals surface area contributed by atoms with E-state index in [1.807, 2.05) is 51.2 Å². The average Bonchev–Trinajstić information content (AvgIpc) is 2.92. The van der Waals surface area contributed by atoms with Gasteiger partial charge in [-0.25, -0.2) is 4.79 Å². The Hall–Kier alpha value is -2.30. The molecule has 0 spiro atoms. The molecule has 1 aromatic carbocycles. The van der Waals surface area contributed by atoms with Crippen molar-refractivity contribution in [3.8, 4) is 0 Å². The minimum absolute atomic E-state index is 0.155. The fourth-order valence-corrected chi connectivity index (χ4v) is 2.83. The second-order valence-electron chi connectivity index (χ2n) is 6.41. The molecule has 1 aliphatic heterocycles. The van der Waals surface area contributed by atoms with Crippen LogP contribution < -0.4 is 5.32 Å². The minimum Gasteiger partial charge on any atom is -0.361 e. The summed E-state index contributed by atoms with van der Waals surface area (Å²) in [6, 6.07) is 7.15. The number of rotatable bonds is 2. The molecule has 2 aromatic rings. The van der Waals surface area contributed by atoms with E-state index in [0.29, 0.717) is 6.42 Å². The van der Waals surface area contributed by atoms with E-state index in [1.54, 1.807) is 0 Å². The Morgan fingerprint density at radius 3 is 2.57 bits per heavy atom. The first-order valence-electron chi connectivity index (χ1n) is 7.07. The molecule has 1 unspecified atom stereocenters. The second-order valence-corrected chi connectivity index (χ2v) is 6.41. The SMILES string of the molecule is CC(C)(C)N1C(=O)NC(Cc2c[nH]c3ccccc23)C1=O. The smallest absolute Gasteiger partial charge is 0.325 e. The lowest BCUT2D eigenvalue weighted by molar-refractivity contribution is -0.130. The van der Waals surface area contributed by atoms with Crippen molar-refractivity contribution in [1.82, 2.24) is 15.2 Å². The van der Waals surface area contributed by atoms with Crippen LogP contribution in [-0.2, 0) is 11.2 Å². The number of fused-ring (bicyclic) bond motifs is 1. The number of imide groups is 1. The van der Waals surface area contributed by atoms with E-state index in [9.17, 15) is 9.59 Å². The Labute approximate surface area is 123 Å². The van der Waals surface area contributed by atoms with Crippen LogP contribution in [0.4, 0.5) is 4.79 Å². The third-order valence-corrected chi connectivity index (χ3v) is 3.79. The molecule has 3 rings (SSSR count). The highest BCUT2D eigenvalue weighted by molar-refractivity contribution is 6.05. The number of urea groups is 1. The zero-order chi connectivity index (χ0) is 15.2. The normalized spacial score (nSPS) is 19.4. The van der Waals surface area contributed by atoms with Crippen molar-refractivity contribution in [2.45, 2.75) is 38.8 Å². The Balaban J connectivity index is 1.86. The molecule has 1 aliphatic rings. The van der Waals surface area contributed by atoms with Crippen molar-refractivity contribution in [2.24, 2.45) is 0 Å². The number of para-hydroxylation sites is 1. The van der Waals surface area contributed by atoms with E-state index >= 15 is 0 Å². The van der Waals surface area contributed by atoms with Crippen molar-refractivity contribution in [3.05, 3.63) is 36.0 Å². The minimum atomic E-state index is -0.504. The summed E-state index contributed by atoms with van der Waals surface area (Å²) in [5, 5.41) is 3.88. The lowest BCUT2D eigenvalue weighted by Crippen LogP contribution is -2.46. The van der Waals surface area contributed by atoms with Crippen molar-refractivity contribution in [1.29, 1.82) is 0 Å². The number of H-pyrrole nitrogens is 1. The highest BCUT2D eigenvalue weighted by atomic mass is 16.2. The number of hydrogen-bond acceptors (Lipinski definition) is 2. The summed E-state index contributed by atoms with van der Waals surface area (Å²) in [4.78, 5) is 29.0. The van der Waals surface area contributed by atoms with Crippen molar-refractivity contribution in [3.63, 3.8) is 0 Å². The van der Waals surface area contributed by atoms with Gasteiger partial charge >= 0.3 is 6.03 Å². The molecule has 1 aromatic heterocycles. The van der Waals surface area contributed by atoms with Crippen LogP contribution in [0.15, 0.2) is 30.5 Å². The van der Waals surface area contributed by atoms with E-state index in [1.165, 1.54) is 4.90 Å². The monoisotopic (exact) mass is 285 g/mol. The van der Waals surface area contributed by atoms with E-state index < -0.39 is 11.6 Å². The highest BCUT2D eigenvalue weighted by Crippen LogP contribution is 2.24. The number of aromatic nitrogens is 1. The molecule has 2 N–H and O–H groups in total. The van der Waals surface area contributed by atoms with E-state index in [0.717, 1.165) is 16.5 Å². The molecule has 0 saturated carbocycles. The summed E-state index contributed by atoms with van der Waals surface area (Å²) in [6.45, 7) is 5.58. The zero-order valence-corrected chi connectivity index (χ0v) is 12.4. The zero-order valence-electron chi connectivity index (χ0n) is 12.4. The molecule has 1 atom stereocenters. The Bertz CT molecular complexity index is 712. The molecular weight excluding hydrogens is 266 g/mol. The van der Waals surface area contributed by atoms with Crippen LogP contribution in [-0.4, -0.2) is 33.4 Å². The number of aromatic amines is 1. The summed E-state index contributed by atoms with van der Waals surface area (Å²) >= 11 is 0. The van der Waals surface area contributed by atoms with Gasteiger partial charge in [-0.05, 0) is 32.4 Å². The maximum atomic E-state index is 12.5. The Morgan fingerprint density at radius 1 is 1.19 bits per heavy atom. The lowest BCUT2D eigenvalue weighted by Gasteiger charge is -2.28. The van der Waals surface area contributed by atoms with Gasteiger partial charge in [0.25, 0.3) is 5.91 Å². The lowest BCUT2D eigenvalue weighted by atomic mass is 10.0. The van der Waals surface area contributed by atoms with Crippen molar-refractivity contribution < 1.29 is 9.59 Å². The Morgan fingerprint density at radius 2 is 1.90 bits per heavy atom. The molecule has 0 bridgehead atoms. The number of nitrogens with zero attached hydrogens (tertiary/aromatic N) is 1. The number of carbonyl (C=O) groups excluding carboxylic acids is 2. The third-order valence-electron chi connectivity index (χ3n) is 3.79. The van der Waals surface area contributed by atoms with Crippen molar-refractivity contribution in [2.75, 3.05) is 0 Å². The van der Waals surface area contributed by atoms with Gasteiger partial charge in [0.2, 0.25) is 0 Å². The topological polar surface area (TPSA) is 65.2 Å². The molecule has 1 fully saturated rings. The molecular formula is C16H19N3O2. The van der Waals surface area contributed by atoms with Crippen LogP contribution in [0.25, 0.3) is 10.9 Å². The molecule has 1 saturated heterocycles. The first-order chi connectivity index (χ1) is 9.88. The van der Waals surface area contributed by atoms with Crippen LogP contribution in [0, 0.1) is 0 Å². The molecule has 2 heterocycles. The number of carbonyl (C=O) groups is 2. The molecule has 21 heavy (non-hydrogen) atoms. The van der Waals surface area contributed by atoms with Crippen LogP contribution in [0.1, 0.15) is 26.3 Å². The van der Waals surface area contributed by atoms with Gasteiger partial charge in [-0.15, -0.1) is 0 Å². The third kappa shape index (κ3) is 2.28. The molecule has 110 valence electrons. The van der Waals surface area contributed by atoms with E-state index in [-0.39, 0.29) is 11.9 Å². The van der Waals surface area contributed by atoms with Gasteiger partial charge in [0.05, 0.1) is 0 Å². The molecule has 0 aliphatic carbocycles. The summed E-state index contributed by atoms with van der Waals surface area (Å²) < 4.78 is 0. The average molecular weight is 285 g/mol. The second kappa shape index (κ2) is 4.62. The molecule has 3 amide bonds. The van der Waals surface area contributed by atoms with Gasteiger partial charge in [-0.2, -0.15) is 0 Å². The fourth-order valence-electron chi connectivity index (χ4n) is 2.83. The van der Waals surface area contributed by atoms with Crippen LogP contribution in [0.5, 0.6) is 0 Å². The maximum absolute atomic E-state index is 12.5. The predicted octanol–water partition coefficient (Wildman–Crippen LogP) is 2.43. The van der Waals surface area contributed by atoms with Crippen LogP contribution >= 0.6 is 0 Å². The van der Waals surface area contributed by atoms with Gasteiger partial charge in [-0.3, -0.25) is 9.69 Å². The summed E-state index contributed by atoms with van der Waals surface area (Å²) in [7, 11) is 0. The highest BCUT2D eigenvalue weighted by Gasteiger charge is 2.43. The maximum Gasteiger partial charge on any atom is 0.325 e. The summed E-state index contributed by atoms with van der Waals surface area (Å²) in [5.41, 5.74) is 1.58. The number of amides is 3. The Kier molecular flexibility index (Phi) is 3.01. The standard InChI is InChI=1S/C16H19N3O2/c1-16(2,3)19-14(20)13(18-15(19)21)8-10-9-17-12-7-5-4-6-11(10)12/h4-7,9,13,17H,8H2,1-3H3,(H,18,21). The summed E-state index contributed by atoms with van der Waals surface area (Å²) in [5.74, 6) is -0.155. The molecule has 0 radical (unpaired) electrons. The van der Waals surface area contributed by atoms with Gasteiger partial charge in [0, 0.05) is 29.1 Å². The first kappa shape index (κ1) is 13.7. The van der Waals surface area contributed by atoms with Crippen molar-refractivity contribution >= 4 is 22.8 Å². The van der Waals surface area contributed by atoms with E-state index in [4.69, 9.17) is 0 Å². The van der Waals surface area contributed by atoms with Crippen LogP contribution in [0.3, 0.4) is 0 Å². The predicted molar refractivity (Wildman–Crippen MR) is 80.9 cm³/mol. The summed E-state index contributed by atoms with van der Waals surface area (Å²) in [6.07, 6.45) is 2.41. The molecule has 5 heteroatoms. The quantitative estimate of drug-likeness (QED) is 0.832. The first-order valence-corrected chi connectivity index (χ1v) is 7.07. The van der Waals surface area contributed by atoms with Gasteiger partial charge in [0.15, 0.2) is 0 Å². The molecule has 5 nitrogen and oxygen atoms in total. The van der Waals surface area contributed by atoms with Crippen LogP contribution in [0.2, 0.25) is 0 Å². The van der Waals surface area contributed by atoms with Gasteiger partial charge < -0.3 is 10.3 Å². The number of hydrogen-bond donors (Lipinski definition) is 2. The van der Waals surface area contributed by atoms with Gasteiger partial charge in [0.1, 0.15) is 6.04 Å². The van der Waals surface area contributed by atoms with E-state index in [2.05, 4.69) is 10.3 Å². The number of nitrogens with one attached hydrogen (secondary N) is 2. The number of benzene rings is 1. The largest absolute Gasteiger partial charge is 0.361 e.